The molecule has 0 fully saturated rings. The standard InChI is InChI=1S/C13H10N2O3/c1-8-5-14-6-12-13(8)11-3-2-10(15(16)17)4-9(11)7-18-12/h2-6H,7H2,1H3. The van der Waals surface area contributed by atoms with Crippen molar-refractivity contribution < 1.29 is 9.66 Å². The van der Waals surface area contributed by atoms with Crippen LogP contribution in [0.4, 0.5) is 5.69 Å². The molecule has 0 radical (unpaired) electrons. The third kappa shape index (κ3) is 1.52. The van der Waals surface area contributed by atoms with Crippen molar-refractivity contribution in [2.75, 3.05) is 0 Å². The molecule has 3 rings (SSSR count). The summed E-state index contributed by atoms with van der Waals surface area (Å²) in [5.74, 6) is 0.733. The van der Waals surface area contributed by atoms with Crippen molar-refractivity contribution in [3.63, 3.8) is 0 Å². The fourth-order valence-electron chi connectivity index (χ4n) is 2.21. The lowest BCUT2D eigenvalue weighted by Gasteiger charge is -2.21. The first kappa shape index (κ1) is 10.7. The van der Waals surface area contributed by atoms with E-state index in [-0.39, 0.29) is 5.69 Å². The van der Waals surface area contributed by atoms with Gasteiger partial charge < -0.3 is 4.74 Å². The lowest BCUT2D eigenvalue weighted by atomic mass is 9.94. The third-order valence-electron chi connectivity index (χ3n) is 3.05. The molecule has 2 heterocycles. The van der Waals surface area contributed by atoms with Crippen LogP contribution >= 0.6 is 0 Å². The van der Waals surface area contributed by atoms with E-state index in [0.29, 0.717) is 6.61 Å². The second kappa shape index (κ2) is 3.80. The zero-order chi connectivity index (χ0) is 12.7. The SMILES string of the molecule is Cc1cncc2c1-c1ccc([N+](=O)[O-])cc1CO2. The number of non-ortho nitro benzene ring substituents is 1. The first-order valence-electron chi connectivity index (χ1n) is 5.52. The molecule has 0 aliphatic carbocycles. The Bertz CT molecular complexity index is 653. The number of aryl methyl sites for hydroxylation is 1. The molecule has 0 spiro atoms. The minimum absolute atomic E-state index is 0.0903. The van der Waals surface area contributed by atoms with E-state index in [4.69, 9.17) is 4.74 Å². The van der Waals surface area contributed by atoms with Crippen LogP contribution in [-0.4, -0.2) is 9.91 Å². The number of fused-ring (bicyclic) bond motifs is 3. The molecule has 1 aromatic carbocycles. The molecular weight excluding hydrogens is 232 g/mol. The van der Waals surface area contributed by atoms with Gasteiger partial charge in [0.05, 0.1) is 11.1 Å². The van der Waals surface area contributed by atoms with Crippen molar-refractivity contribution in [1.29, 1.82) is 0 Å². The normalized spacial score (nSPS) is 12.3. The van der Waals surface area contributed by atoms with Crippen molar-refractivity contribution in [1.82, 2.24) is 4.98 Å². The number of hydrogen-bond acceptors (Lipinski definition) is 4. The molecule has 0 saturated heterocycles. The van der Waals surface area contributed by atoms with Gasteiger partial charge in [0, 0.05) is 29.5 Å². The fraction of sp³-hybridized carbons (Fsp3) is 0.154. The molecule has 5 heteroatoms. The molecule has 0 amide bonds. The topological polar surface area (TPSA) is 65.3 Å². The zero-order valence-electron chi connectivity index (χ0n) is 9.71. The van der Waals surface area contributed by atoms with E-state index < -0.39 is 4.92 Å². The molecule has 5 nitrogen and oxygen atoms in total. The van der Waals surface area contributed by atoms with Crippen molar-refractivity contribution in [2.45, 2.75) is 13.5 Å². The highest BCUT2D eigenvalue weighted by atomic mass is 16.6. The second-order valence-corrected chi connectivity index (χ2v) is 4.22. The van der Waals surface area contributed by atoms with Crippen LogP contribution in [0.15, 0.2) is 30.6 Å². The van der Waals surface area contributed by atoms with Crippen LogP contribution in [0.1, 0.15) is 11.1 Å². The van der Waals surface area contributed by atoms with E-state index in [1.54, 1.807) is 24.5 Å². The van der Waals surface area contributed by atoms with Crippen LogP contribution in [0, 0.1) is 17.0 Å². The molecule has 0 saturated carbocycles. The Kier molecular flexibility index (Phi) is 2.26. The van der Waals surface area contributed by atoms with E-state index in [1.165, 1.54) is 6.07 Å². The van der Waals surface area contributed by atoms with Crippen LogP contribution in [0.3, 0.4) is 0 Å². The Morgan fingerprint density at radius 2 is 2.22 bits per heavy atom. The van der Waals surface area contributed by atoms with Crippen molar-refractivity contribution in [2.24, 2.45) is 0 Å². The average Bonchev–Trinajstić information content (AvgIpc) is 2.37. The Balaban J connectivity index is 2.22. The van der Waals surface area contributed by atoms with Crippen molar-refractivity contribution in [3.05, 3.63) is 51.8 Å². The molecular formula is C13H10N2O3. The summed E-state index contributed by atoms with van der Waals surface area (Å²) in [5.41, 5.74) is 3.89. The Labute approximate surface area is 103 Å². The molecule has 0 atom stereocenters. The van der Waals surface area contributed by atoms with Crippen LogP contribution in [0.25, 0.3) is 11.1 Å². The Morgan fingerprint density at radius 1 is 1.39 bits per heavy atom. The van der Waals surface area contributed by atoms with Gasteiger partial charge in [-0.25, -0.2) is 0 Å². The highest BCUT2D eigenvalue weighted by molar-refractivity contribution is 5.78. The summed E-state index contributed by atoms with van der Waals surface area (Å²) in [6.45, 7) is 2.29. The minimum atomic E-state index is -0.394. The number of benzene rings is 1. The van der Waals surface area contributed by atoms with Gasteiger partial charge in [0.15, 0.2) is 0 Å². The molecule has 90 valence electrons. The second-order valence-electron chi connectivity index (χ2n) is 4.22. The number of nitrogens with zero attached hydrogens (tertiary/aromatic N) is 2. The number of rotatable bonds is 1. The zero-order valence-corrected chi connectivity index (χ0v) is 9.71. The van der Waals surface area contributed by atoms with E-state index >= 15 is 0 Å². The highest BCUT2D eigenvalue weighted by Crippen LogP contribution is 2.40. The maximum Gasteiger partial charge on any atom is 0.269 e. The predicted molar refractivity (Wildman–Crippen MR) is 65.4 cm³/mol. The van der Waals surface area contributed by atoms with Gasteiger partial charge in [-0.05, 0) is 24.1 Å². The van der Waals surface area contributed by atoms with E-state index in [1.807, 2.05) is 6.92 Å². The molecule has 1 aliphatic rings. The summed E-state index contributed by atoms with van der Waals surface area (Å²) < 4.78 is 5.58. The quantitative estimate of drug-likeness (QED) is 0.569. The van der Waals surface area contributed by atoms with E-state index in [9.17, 15) is 10.1 Å². The molecule has 2 aromatic rings. The smallest absolute Gasteiger partial charge is 0.269 e. The molecule has 1 aromatic heterocycles. The molecule has 1 aliphatic heterocycles. The Morgan fingerprint density at radius 3 is 3.00 bits per heavy atom. The average molecular weight is 242 g/mol. The summed E-state index contributed by atoms with van der Waals surface area (Å²) in [7, 11) is 0. The van der Waals surface area contributed by atoms with Crippen LogP contribution in [-0.2, 0) is 6.61 Å². The summed E-state index contributed by atoms with van der Waals surface area (Å²) in [4.78, 5) is 14.4. The van der Waals surface area contributed by atoms with Gasteiger partial charge in [0.2, 0.25) is 0 Å². The maximum atomic E-state index is 10.8. The maximum absolute atomic E-state index is 10.8. The first-order valence-corrected chi connectivity index (χ1v) is 5.52. The highest BCUT2D eigenvalue weighted by Gasteiger charge is 2.21. The minimum Gasteiger partial charge on any atom is -0.487 e. The van der Waals surface area contributed by atoms with Gasteiger partial charge in [-0.3, -0.25) is 15.1 Å². The number of nitro groups is 1. The van der Waals surface area contributed by atoms with E-state index in [0.717, 1.165) is 28.0 Å². The van der Waals surface area contributed by atoms with Gasteiger partial charge in [0.1, 0.15) is 12.4 Å². The number of nitro benzene ring substituents is 1. The summed E-state index contributed by atoms with van der Waals surface area (Å²) in [5, 5.41) is 10.8. The predicted octanol–water partition coefficient (Wildman–Crippen LogP) is 2.86. The number of pyridine rings is 1. The summed E-state index contributed by atoms with van der Waals surface area (Å²) >= 11 is 0. The van der Waals surface area contributed by atoms with Gasteiger partial charge in [0.25, 0.3) is 5.69 Å². The molecule has 0 bridgehead atoms. The van der Waals surface area contributed by atoms with Gasteiger partial charge in [-0.1, -0.05) is 0 Å². The molecule has 0 unspecified atom stereocenters. The first-order chi connectivity index (χ1) is 8.66. The van der Waals surface area contributed by atoms with Crippen molar-refractivity contribution >= 4 is 5.69 Å². The largest absolute Gasteiger partial charge is 0.487 e. The van der Waals surface area contributed by atoms with E-state index in [2.05, 4.69) is 4.98 Å². The van der Waals surface area contributed by atoms with Crippen LogP contribution in [0.2, 0.25) is 0 Å². The third-order valence-corrected chi connectivity index (χ3v) is 3.05. The van der Waals surface area contributed by atoms with Crippen LogP contribution in [0.5, 0.6) is 5.75 Å². The van der Waals surface area contributed by atoms with Crippen molar-refractivity contribution in [3.8, 4) is 16.9 Å². The Hall–Kier alpha value is -2.43. The molecule has 0 N–H and O–H groups in total. The van der Waals surface area contributed by atoms with Gasteiger partial charge >= 0.3 is 0 Å². The lowest BCUT2D eigenvalue weighted by Crippen LogP contribution is -2.07. The fourth-order valence-corrected chi connectivity index (χ4v) is 2.21. The van der Waals surface area contributed by atoms with Crippen LogP contribution < -0.4 is 4.74 Å². The van der Waals surface area contributed by atoms with Gasteiger partial charge in [-0.2, -0.15) is 0 Å². The number of ether oxygens (including phenoxy) is 1. The monoisotopic (exact) mass is 242 g/mol. The molecule has 18 heavy (non-hydrogen) atoms. The number of aromatic nitrogens is 1. The van der Waals surface area contributed by atoms with Gasteiger partial charge in [-0.15, -0.1) is 0 Å². The number of hydrogen-bond donors (Lipinski definition) is 0. The summed E-state index contributed by atoms with van der Waals surface area (Å²) in [6, 6.07) is 4.87. The lowest BCUT2D eigenvalue weighted by molar-refractivity contribution is -0.384. The summed E-state index contributed by atoms with van der Waals surface area (Å²) in [6.07, 6.45) is 3.44.